The molecule has 0 unspecified atom stereocenters. The van der Waals surface area contributed by atoms with Gasteiger partial charge in [0.2, 0.25) is 11.8 Å². The summed E-state index contributed by atoms with van der Waals surface area (Å²) >= 11 is 0. The predicted molar refractivity (Wildman–Crippen MR) is 88.6 cm³/mol. The van der Waals surface area contributed by atoms with E-state index in [-0.39, 0.29) is 5.82 Å². The summed E-state index contributed by atoms with van der Waals surface area (Å²) in [6, 6.07) is 7.84. The quantitative estimate of drug-likeness (QED) is 0.895. The lowest BCUT2D eigenvalue weighted by atomic mass is 10.1. The molecule has 24 heavy (non-hydrogen) atoms. The summed E-state index contributed by atoms with van der Waals surface area (Å²) in [5.41, 5.74) is 0.605. The maximum Gasteiger partial charge on any atom is 0.228 e. The molecule has 3 rings (SSSR count). The van der Waals surface area contributed by atoms with Gasteiger partial charge in [-0.15, -0.1) is 0 Å². The van der Waals surface area contributed by atoms with Crippen molar-refractivity contribution in [2.24, 2.45) is 0 Å². The summed E-state index contributed by atoms with van der Waals surface area (Å²) in [5, 5.41) is 10.3. The molecule has 2 heterocycles. The predicted octanol–water partition coefficient (Wildman–Crippen LogP) is 1.48. The fourth-order valence-corrected chi connectivity index (χ4v) is 2.79. The molecule has 1 saturated heterocycles. The third-order valence-corrected chi connectivity index (χ3v) is 4.15. The first kappa shape index (κ1) is 16.6. The molecule has 0 aliphatic carbocycles. The average molecular weight is 332 g/mol. The smallest absolute Gasteiger partial charge is 0.228 e. The number of β-amino-alcohol motifs (C(OH)–C–C–N with tert-alkyl or cyclic N) is 1. The molecule has 1 N–H and O–H groups in total. The van der Waals surface area contributed by atoms with E-state index in [4.69, 9.17) is 4.74 Å². The maximum atomic E-state index is 13.3. The molecule has 0 saturated carbocycles. The molecule has 0 bridgehead atoms. The van der Waals surface area contributed by atoms with Crippen molar-refractivity contribution in [3.8, 4) is 5.88 Å². The number of aliphatic hydroxyl groups is 1. The Kier molecular flexibility index (Phi) is 5.22. The van der Waals surface area contributed by atoms with Crippen LogP contribution in [0.15, 0.2) is 36.5 Å². The largest absolute Gasteiger partial charge is 0.481 e. The number of halogens is 1. The summed E-state index contributed by atoms with van der Waals surface area (Å²) in [6.45, 7) is 3.59. The standard InChI is InChI=1S/C17H21FN4O2/c1-24-16-5-6-19-17(20-16)22-9-7-21(8-10-22)12-15(23)13-3-2-4-14(18)11-13/h2-6,11,15,23H,7-10,12H2,1H3/t15-/m0/s1. The molecule has 1 aliphatic rings. The van der Waals surface area contributed by atoms with Gasteiger partial charge in [-0.05, 0) is 17.7 Å². The van der Waals surface area contributed by atoms with Gasteiger partial charge in [-0.2, -0.15) is 4.98 Å². The molecule has 1 aromatic carbocycles. The van der Waals surface area contributed by atoms with Crippen molar-refractivity contribution in [1.82, 2.24) is 14.9 Å². The van der Waals surface area contributed by atoms with Gasteiger partial charge in [0.1, 0.15) is 5.82 Å². The molecule has 2 aromatic rings. The van der Waals surface area contributed by atoms with E-state index in [0.29, 0.717) is 23.9 Å². The molecule has 1 atom stereocenters. The Morgan fingerprint density at radius 2 is 2.04 bits per heavy atom. The molecule has 0 amide bonds. The van der Waals surface area contributed by atoms with E-state index >= 15 is 0 Å². The number of rotatable bonds is 5. The van der Waals surface area contributed by atoms with Crippen LogP contribution in [0, 0.1) is 5.82 Å². The molecule has 7 heteroatoms. The number of aliphatic hydroxyl groups excluding tert-OH is 1. The van der Waals surface area contributed by atoms with Crippen LogP contribution < -0.4 is 9.64 Å². The van der Waals surface area contributed by atoms with Crippen molar-refractivity contribution in [2.45, 2.75) is 6.10 Å². The number of nitrogens with zero attached hydrogens (tertiary/aromatic N) is 4. The first-order valence-electron chi connectivity index (χ1n) is 7.93. The monoisotopic (exact) mass is 332 g/mol. The Hall–Kier alpha value is -2.25. The van der Waals surface area contributed by atoms with Crippen molar-refractivity contribution in [1.29, 1.82) is 0 Å². The second-order valence-corrected chi connectivity index (χ2v) is 5.76. The zero-order valence-corrected chi connectivity index (χ0v) is 13.6. The Morgan fingerprint density at radius 1 is 1.25 bits per heavy atom. The van der Waals surface area contributed by atoms with E-state index in [1.165, 1.54) is 12.1 Å². The number of aromatic nitrogens is 2. The number of ether oxygens (including phenoxy) is 1. The van der Waals surface area contributed by atoms with Crippen LogP contribution in [0.25, 0.3) is 0 Å². The molecule has 0 spiro atoms. The minimum Gasteiger partial charge on any atom is -0.481 e. The van der Waals surface area contributed by atoms with Crippen LogP contribution >= 0.6 is 0 Å². The molecule has 0 radical (unpaired) electrons. The number of methoxy groups -OCH3 is 1. The molecule has 6 nitrogen and oxygen atoms in total. The highest BCUT2D eigenvalue weighted by molar-refractivity contribution is 5.32. The number of piperazine rings is 1. The highest BCUT2D eigenvalue weighted by Crippen LogP contribution is 2.18. The van der Waals surface area contributed by atoms with Gasteiger partial charge >= 0.3 is 0 Å². The van der Waals surface area contributed by atoms with Crippen LogP contribution in [0.4, 0.5) is 10.3 Å². The van der Waals surface area contributed by atoms with Crippen LogP contribution in [0.5, 0.6) is 5.88 Å². The minimum atomic E-state index is -0.694. The van der Waals surface area contributed by atoms with Crippen LogP contribution in [0.3, 0.4) is 0 Å². The lowest BCUT2D eigenvalue weighted by Crippen LogP contribution is -2.48. The van der Waals surface area contributed by atoms with Crippen LogP contribution in [0.1, 0.15) is 11.7 Å². The fourth-order valence-electron chi connectivity index (χ4n) is 2.79. The van der Waals surface area contributed by atoms with Crippen molar-refractivity contribution in [2.75, 3.05) is 44.7 Å². The van der Waals surface area contributed by atoms with E-state index in [0.717, 1.165) is 26.2 Å². The van der Waals surface area contributed by atoms with Gasteiger partial charge in [-0.3, -0.25) is 4.90 Å². The first-order valence-corrected chi connectivity index (χ1v) is 7.93. The van der Waals surface area contributed by atoms with Gasteiger partial charge in [-0.1, -0.05) is 12.1 Å². The zero-order valence-electron chi connectivity index (χ0n) is 13.6. The summed E-state index contributed by atoms with van der Waals surface area (Å²) in [7, 11) is 1.58. The first-order chi connectivity index (χ1) is 11.7. The van der Waals surface area contributed by atoms with Gasteiger partial charge in [0, 0.05) is 45.0 Å². The SMILES string of the molecule is COc1ccnc(N2CCN(C[C@H](O)c3cccc(F)c3)CC2)n1. The zero-order chi connectivity index (χ0) is 16.9. The molecule has 128 valence electrons. The fraction of sp³-hybridized carbons (Fsp3) is 0.412. The Balaban J connectivity index is 1.55. The van der Waals surface area contributed by atoms with E-state index < -0.39 is 6.10 Å². The Morgan fingerprint density at radius 3 is 2.75 bits per heavy atom. The highest BCUT2D eigenvalue weighted by Gasteiger charge is 2.21. The number of anilines is 1. The lowest BCUT2D eigenvalue weighted by molar-refractivity contribution is 0.109. The van der Waals surface area contributed by atoms with Gasteiger partial charge in [0.15, 0.2) is 0 Å². The third-order valence-electron chi connectivity index (χ3n) is 4.15. The summed E-state index contributed by atoms with van der Waals surface area (Å²) < 4.78 is 18.4. The molecular weight excluding hydrogens is 311 g/mol. The van der Waals surface area contributed by atoms with E-state index in [9.17, 15) is 9.50 Å². The van der Waals surface area contributed by atoms with Gasteiger partial charge in [0.25, 0.3) is 0 Å². The van der Waals surface area contributed by atoms with Crippen molar-refractivity contribution in [3.05, 3.63) is 47.9 Å². The minimum absolute atomic E-state index is 0.327. The second-order valence-electron chi connectivity index (χ2n) is 5.76. The van der Waals surface area contributed by atoms with Crippen LogP contribution in [0.2, 0.25) is 0 Å². The van der Waals surface area contributed by atoms with Gasteiger partial charge in [-0.25, -0.2) is 9.37 Å². The lowest BCUT2D eigenvalue weighted by Gasteiger charge is -2.35. The van der Waals surface area contributed by atoms with E-state index in [2.05, 4.69) is 19.8 Å². The molecule has 1 fully saturated rings. The van der Waals surface area contributed by atoms with Gasteiger partial charge < -0.3 is 14.7 Å². The highest BCUT2D eigenvalue weighted by atomic mass is 19.1. The average Bonchev–Trinajstić information content (AvgIpc) is 2.62. The summed E-state index contributed by atoms with van der Waals surface area (Å²) in [6.07, 6.45) is 0.988. The number of hydrogen-bond acceptors (Lipinski definition) is 6. The van der Waals surface area contributed by atoms with Crippen LogP contribution in [-0.4, -0.2) is 59.8 Å². The topological polar surface area (TPSA) is 61.7 Å². The summed E-state index contributed by atoms with van der Waals surface area (Å²) in [4.78, 5) is 12.9. The maximum absolute atomic E-state index is 13.3. The van der Waals surface area contributed by atoms with E-state index in [1.54, 1.807) is 31.5 Å². The van der Waals surface area contributed by atoms with Crippen molar-refractivity contribution in [3.63, 3.8) is 0 Å². The Labute approximate surface area is 140 Å². The van der Waals surface area contributed by atoms with Crippen molar-refractivity contribution < 1.29 is 14.2 Å². The number of benzene rings is 1. The van der Waals surface area contributed by atoms with Crippen LogP contribution in [-0.2, 0) is 0 Å². The Bertz CT molecular complexity index is 677. The van der Waals surface area contributed by atoms with Crippen molar-refractivity contribution >= 4 is 5.95 Å². The third kappa shape index (κ3) is 3.98. The molecule has 1 aliphatic heterocycles. The van der Waals surface area contributed by atoms with Gasteiger partial charge in [0.05, 0.1) is 13.2 Å². The second kappa shape index (κ2) is 7.55. The summed E-state index contributed by atoms with van der Waals surface area (Å²) in [5.74, 6) is 0.871. The van der Waals surface area contributed by atoms with E-state index in [1.807, 2.05) is 0 Å². The normalized spacial score (nSPS) is 16.9. The molecular formula is C17H21FN4O2. The number of hydrogen-bond donors (Lipinski definition) is 1. The molecule has 1 aromatic heterocycles.